The first-order valence-corrected chi connectivity index (χ1v) is 6.91. The second-order valence-corrected chi connectivity index (χ2v) is 6.61. The van der Waals surface area contributed by atoms with Crippen LogP contribution in [0.25, 0.3) is 0 Å². The minimum Gasteiger partial charge on any atom is -0.271 e. The van der Waals surface area contributed by atoms with E-state index in [1.165, 1.54) is 12.0 Å². The lowest BCUT2D eigenvalue weighted by atomic mass is 9.87. The third-order valence-electron chi connectivity index (χ3n) is 2.90. The van der Waals surface area contributed by atoms with Crippen molar-refractivity contribution in [3.63, 3.8) is 0 Å². The average molecular weight is 299 g/mol. The fraction of sp³-hybridized carbons (Fsp3) is 0.571. The predicted octanol–water partition coefficient (Wildman–Crippen LogP) is 3.65. The van der Waals surface area contributed by atoms with Crippen molar-refractivity contribution in [1.82, 2.24) is 5.43 Å². The molecule has 0 aliphatic carbocycles. The molecule has 0 saturated heterocycles. The number of hydrogen-bond donors (Lipinski definition) is 2. The van der Waals surface area contributed by atoms with Crippen LogP contribution >= 0.6 is 15.9 Å². The van der Waals surface area contributed by atoms with Crippen molar-refractivity contribution in [2.24, 2.45) is 11.3 Å². The first-order valence-electron chi connectivity index (χ1n) is 6.12. The molecule has 0 aromatic heterocycles. The van der Waals surface area contributed by atoms with Gasteiger partial charge in [-0.15, -0.1) is 0 Å². The van der Waals surface area contributed by atoms with E-state index < -0.39 is 0 Å². The summed E-state index contributed by atoms with van der Waals surface area (Å²) in [6, 6.07) is 8.66. The van der Waals surface area contributed by atoms with Gasteiger partial charge in [0.25, 0.3) is 0 Å². The lowest BCUT2D eigenvalue weighted by molar-refractivity contribution is 0.330. The molecular weight excluding hydrogens is 276 g/mol. The summed E-state index contributed by atoms with van der Waals surface area (Å²) in [7, 11) is 0. The lowest BCUT2D eigenvalue weighted by Gasteiger charge is -2.23. The number of hydrazine groups is 1. The molecule has 0 spiro atoms. The maximum Gasteiger partial charge on any atom is 0.0251 e. The van der Waals surface area contributed by atoms with E-state index in [2.05, 4.69) is 60.3 Å². The molecule has 0 fully saturated rings. The molecule has 3 heteroatoms. The fourth-order valence-corrected chi connectivity index (χ4v) is 2.23. The Morgan fingerprint density at radius 2 is 1.94 bits per heavy atom. The van der Waals surface area contributed by atoms with Gasteiger partial charge < -0.3 is 0 Å². The van der Waals surface area contributed by atoms with Gasteiger partial charge in [-0.1, -0.05) is 54.9 Å². The predicted molar refractivity (Wildman–Crippen MR) is 77.6 cm³/mol. The molecule has 1 unspecified atom stereocenters. The van der Waals surface area contributed by atoms with Crippen molar-refractivity contribution in [1.29, 1.82) is 0 Å². The van der Waals surface area contributed by atoms with E-state index >= 15 is 0 Å². The molecular formula is C14H23BrN2. The van der Waals surface area contributed by atoms with Crippen LogP contribution in [0.1, 0.15) is 39.2 Å². The molecule has 0 aliphatic heterocycles. The second-order valence-electron chi connectivity index (χ2n) is 5.76. The van der Waals surface area contributed by atoms with Crippen LogP contribution in [0.5, 0.6) is 0 Å². The Balaban J connectivity index is 2.56. The highest BCUT2D eigenvalue weighted by atomic mass is 79.9. The number of hydrogen-bond acceptors (Lipinski definition) is 2. The summed E-state index contributed by atoms with van der Waals surface area (Å²) in [4.78, 5) is 0. The first kappa shape index (κ1) is 14.7. The Labute approximate surface area is 113 Å². The molecule has 0 radical (unpaired) electrons. The molecule has 1 rings (SSSR count). The lowest BCUT2D eigenvalue weighted by Crippen LogP contribution is -2.37. The van der Waals surface area contributed by atoms with Gasteiger partial charge in [0.2, 0.25) is 0 Å². The Morgan fingerprint density at radius 1 is 1.29 bits per heavy atom. The summed E-state index contributed by atoms with van der Waals surface area (Å²) in [5.74, 6) is 5.63. The maximum absolute atomic E-state index is 5.63. The molecule has 96 valence electrons. The van der Waals surface area contributed by atoms with E-state index in [4.69, 9.17) is 5.84 Å². The molecule has 0 saturated carbocycles. The van der Waals surface area contributed by atoms with E-state index in [1.54, 1.807) is 0 Å². The number of halogens is 1. The van der Waals surface area contributed by atoms with Gasteiger partial charge in [0.05, 0.1) is 0 Å². The molecule has 0 heterocycles. The van der Waals surface area contributed by atoms with Crippen molar-refractivity contribution in [2.45, 2.75) is 46.1 Å². The summed E-state index contributed by atoms with van der Waals surface area (Å²) in [6.07, 6.45) is 3.24. The van der Waals surface area contributed by atoms with Gasteiger partial charge in [-0.3, -0.25) is 11.3 Å². The molecule has 1 atom stereocenters. The molecule has 0 aliphatic rings. The van der Waals surface area contributed by atoms with Gasteiger partial charge in [-0.2, -0.15) is 0 Å². The van der Waals surface area contributed by atoms with Gasteiger partial charge in [0, 0.05) is 10.5 Å². The normalized spacial score (nSPS) is 13.7. The minimum atomic E-state index is 0.341. The zero-order valence-corrected chi connectivity index (χ0v) is 12.5. The molecule has 3 N–H and O–H groups in total. The standard InChI is InChI=1S/C14H23BrN2/c1-14(2,3)9-8-12(17-16)10-11-6-4-5-7-13(11)15/h4-7,12,17H,8-10,16H2,1-3H3. The second kappa shape index (κ2) is 6.53. The highest BCUT2D eigenvalue weighted by Gasteiger charge is 2.15. The van der Waals surface area contributed by atoms with Crippen LogP contribution < -0.4 is 11.3 Å². The maximum atomic E-state index is 5.63. The van der Waals surface area contributed by atoms with E-state index in [-0.39, 0.29) is 0 Å². The van der Waals surface area contributed by atoms with Gasteiger partial charge in [-0.25, -0.2) is 0 Å². The molecule has 2 nitrogen and oxygen atoms in total. The fourth-order valence-electron chi connectivity index (χ4n) is 1.78. The third-order valence-corrected chi connectivity index (χ3v) is 3.68. The quantitative estimate of drug-likeness (QED) is 0.643. The smallest absolute Gasteiger partial charge is 0.0251 e. The van der Waals surface area contributed by atoms with Gasteiger partial charge in [0.1, 0.15) is 0 Å². The van der Waals surface area contributed by atoms with Crippen LogP contribution in [-0.2, 0) is 6.42 Å². The summed E-state index contributed by atoms with van der Waals surface area (Å²) < 4.78 is 1.16. The van der Waals surface area contributed by atoms with Crippen LogP contribution in [0.4, 0.5) is 0 Å². The monoisotopic (exact) mass is 298 g/mol. The van der Waals surface area contributed by atoms with Crippen molar-refractivity contribution in [2.75, 3.05) is 0 Å². The van der Waals surface area contributed by atoms with E-state index in [1.807, 2.05) is 6.07 Å². The van der Waals surface area contributed by atoms with Crippen molar-refractivity contribution in [3.8, 4) is 0 Å². The van der Waals surface area contributed by atoms with Crippen molar-refractivity contribution in [3.05, 3.63) is 34.3 Å². The van der Waals surface area contributed by atoms with Crippen LogP contribution in [-0.4, -0.2) is 6.04 Å². The number of nitrogens with two attached hydrogens (primary N) is 1. The molecule has 17 heavy (non-hydrogen) atoms. The van der Waals surface area contributed by atoms with E-state index in [0.29, 0.717) is 11.5 Å². The van der Waals surface area contributed by atoms with Crippen LogP contribution in [0.2, 0.25) is 0 Å². The third kappa shape index (κ3) is 5.66. The molecule has 0 amide bonds. The number of nitrogens with one attached hydrogen (secondary N) is 1. The molecule has 1 aromatic carbocycles. The Hall–Kier alpha value is -0.380. The number of rotatable bonds is 5. The summed E-state index contributed by atoms with van der Waals surface area (Å²) in [5.41, 5.74) is 4.60. The van der Waals surface area contributed by atoms with E-state index in [9.17, 15) is 0 Å². The number of benzene rings is 1. The Kier molecular flexibility index (Phi) is 5.63. The van der Waals surface area contributed by atoms with Gasteiger partial charge in [0.15, 0.2) is 0 Å². The highest BCUT2D eigenvalue weighted by molar-refractivity contribution is 9.10. The minimum absolute atomic E-state index is 0.341. The van der Waals surface area contributed by atoms with E-state index in [0.717, 1.165) is 17.3 Å². The zero-order chi connectivity index (χ0) is 12.9. The van der Waals surface area contributed by atoms with Crippen molar-refractivity contribution < 1.29 is 0 Å². The van der Waals surface area contributed by atoms with Gasteiger partial charge >= 0.3 is 0 Å². The highest BCUT2D eigenvalue weighted by Crippen LogP contribution is 2.24. The largest absolute Gasteiger partial charge is 0.271 e. The van der Waals surface area contributed by atoms with Gasteiger partial charge in [-0.05, 0) is 36.3 Å². The van der Waals surface area contributed by atoms with Crippen LogP contribution in [0.15, 0.2) is 28.7 Å². The Morgan fingerprint density at radius 3 is 2.47 bits per heavy atom. The topological polar surface area (TPSA) is 38.0 Å². The first-order chi connectivity index (χ1) is 7.92. The molecule has 0 bridgehead atoms. The SMILES string of the molecule is CC(C)(C)CCC(Cc1ccccc1Br)NN. The summed E-state index contributed by atoms with van der Waals surface area (Å²) >= 11 is 3.58. The van der Waals surface area contributed by atoms with Crippen LogP contribution in [0, 0.1) is 5.41 Å². The average Bonchev–Trinajstić information content (AvgIpc) is 2.25. The van der Waals surface area contributed by atoms with Crippen LogP contribution in [0.3, 0.4) is 0 Å². The summed E-state index contributed by atoms with van der Waals surface area (Å²) in [6.45, 7) is 6.79. The summed E-state index contributed by atoms with van der Waals surface area (Å²) in [5, 5.41) is 0. The zero-order valence-electron chi connectivity index (χ0n) is 11.0. The Bertz CT molecular complexity index is 344. The molecule has 1 aromatic rings. The van der Waals surface area contributed by atoms with Crippen molar-refractivity contribution >= 4 is 15.9 Å².